The molecule has 1 amide bonds. The fourth-order valence-corrected chi connectivity index (χ4v) is 2.69. The summed E-state index contributed by atoms with van der Waals surface area (Å²) in [5.74, 6) is 0.683. The molecule has 0 radical (unpaired) electrons. The highest BCUT2D eigenvalue weighted by Crippen LogP contribution is 2.32. The van der Waals surface area contributed by atoms with E-state index in [9.17, 15) is 4.79 Å². The predicted molar refractivity (Wildman–Crippen MR) is 77.8 cm³/mol. The summed E-state index contributed by atoms with van der Waals surface area (Å²) in [5.41, 5.74) is 5.88. The van der Waals surface area contributed by atoms with Crippen LogP contribution in [0.15, 0.2) is 0 Å². The van der Waals surface area contributed by atoms with E-state index in [1.807, 2.05) is 0 Å². The van der Waals surface area contributed by atoms with Gasteiger partial charge < -0.3 is 15.8 Å². The molecule has 1 aliphatic carbocycles. The van der Waals surface area contributed by atoms with Gasteiger partial charge in [-0.15, -0.1) is 0 Å². The van der Waals surface area contributed by atoms with Gasteiger partial charge in [-0.3, -0.25) is 4.79 Å². The monoisotopic (exact) mass is 270 g/mol. The quantitative estimate of drug-likeness (QED) is 0.744. The van der Waals surface area contributed by atoms with Crippen LogP contribution >= 0.6 is 0 Å². The van der Waals surface area contributed by atoms with E-state index in [-0.39, 0.29) is 11.3 Å². The lowest BCUT2D eigenvalue weighted by molar-refractivity contribution is -0.123. The molecule has 0 heterocycles. The predicted octanol–water partition coefficient (Wildman–Crippen LogP) is 2.07. The van der Waals surface area contributed by atoms with Crippen molar-refractivity contribution in [1.29, 1.82) is 0 Å². The minimum Gasteiger partial charge on any atom is -0.381 e. The van der Waals surface area contributed by atoms with Crippen LogP contribution in [0.2, 0.25) is 0 Å². The molecular weight excluding hydrogens is 240 g/mol. The second kappa shape index (κ2) is 7.25. The minimum absolute atomic E-state index is 0.172. The summed E-state index contributed by atoms with van der Waals surface area (Å²) in [5, 5.41) is 3.08. The molecule has 4 heteroatoms. The van der Waals surface area contributed by atoms with E-state index in [1.165, 1.54) is 0 Å². The van der Waals surface area contributed by atoms with Crippen LogP contribution in [0, 0.1) is 11.3 Å². The van der Waals surface area contributed by atoms with Gasteiger partial charge in [0, 0.05) is 19.6 Å². The summed E-state index contributed by atoms with van der Waals surface area (Å²) in [6.45, 7) is 7.36. The van der Waals surface area contributed by atoms with E-state index in [1.54, 1.807) is 7.11 Å². The molecular formula is C15H30N2O2. The second-order valence-electron chi connectivity index (χ2n) is 6.77. The number of amides is 1. The van der Waals surface area contributed by atoms with Crippen molar-refractivity contribution in [2.75, 3.05) is 13.7 Å². The van der Waals surface area contributed by atoms with Crippen LogP contribution in [-0.2, 0) is 9.53 Å². The molecule has 4 nitrogen and oxygen atoms in total. The molecule has 19 heavy (non-hydrogen) atoms. The molecule has 1 unspecified atom stereocenters. The van der Waals surface area contributed by atoms with Crippen molar-refractivity contribution in [3.63, 3.8) is 0 Å². The Morgan fingerprint density at radius 2 is 2.00 bits per heavy atom. The third-order valence-corrected chi connectivity index (χ3v) is 4.25. The molecule has 3 N–H and O–H groups in total. The fourth-order valence-electron chi connectivity index (χ4n) is 2.69. The van der Waals surface area contributed by atoms with Gasteiger partial charge in [0.2, 0.25) is 5.91 Å². The van der Waals surface area contributed by atoms with Crippen molar-refractivity contribution in [2.45, 2.75) is 65.0 Å². The van der Waals surface area contributed by atoms with Crippen LogP contribution in [0.5, 0.6) is 0 Å². The van der Waals surface area contributed by atoms with Crippen molar-refractivity contribution in [1.82, 2.24) is 5.32 Å². The van der Waals surface area contributed by atoms with Gasteiger partial charge in [-0.2, -0.15) is 0 Å². The molecule has 1 saturated carbocycles. The number of hydrogen-bond acceptors (Lipinski definition) is 3. The zero-order valence-corrected chi connectivity index (χ0v) is 12.9. The molecule has 0 aromatic heterocycles. The van der Waals surface area contributed by atoms with Crippen molar-refractivity contribution in [3.8, 4) is 0 Å². The second-order valence-corrected chi connectivity index (χ2v) is 6.77. The number of carbonyl (C=O) groups excluding carboxylic acids is 1. The minimum atomic E-state index is 0.172. The Labute approximate surface area is 117 Å². The summed E-state index contributed by atoms with van der Waals surface area (Å²) in [4.78, 5) is 11.9. The number of nitrogens with one attached hydrogen (secondary N) is 1. The Morgan fingerprint density at radius 1 is 1.37 bits per heavy atom. The summed E-state index contributed by atoms with van der Waals surface area (Å²) < 4.78 is 5.21. The van der Waals surface area contributed by atoms with E-state index >= 15 is 0 Å². The van der Waals surface area contributed by atoms with Gasteiger partial charge in [0.25, 0.3) is 0 Å². The molecule has 0 saturated heterocycles. The van der Waals surface area contributed by atoms with Crippen molar-refractivity contribution in [3.05, 3.63) is 0 Å². The zero-order valence-electron chi connectivity index (χ0n) is 12.9. The van der Waals surface area contributed by atoms with Crippen LogP contribution < -0.4 is 11.1 Å². The SMILES string of the molecule is COC1CC(NC(=O)CCC(CCN)C(C)(C)C)C1. The summed E-state index contributed by atoms with van der Waals surface area (Å²) in [6, 6.07) is 0.319. The molecule has 0 aromatic carbocycles. The lowest BCUT2D eigenvalue weighted by Gasteiger charge is -2.35. The maximum absolute atomic E-state index is 11.9. The highest BCUT2D eigenvalue weighted by Gasteiger charge is 2.30. The average Bonchev–Trinajstić information content (AvgIpc) is 2.26. The maximum atomic E-state index is 11.9. The maximum Gasteiger partial charge on any atom is 0.220 e. The molecule has 0 bridgehead atoms. The number of hydrogen-bond donors (Lipinski definition) is 2. The van der Waals surface area contributed by atoms with Crippen molar-refractivity contribution in [2.24, 2.45) is 17.1 Å². The first-order valence-electron chi connectivity index (χ1n) is 7.39. The van der Waals surface area contributed by atoms with Gasteiger partial charge in [-0.1, -0.05) is 20.8 Å². The number of carbonyl (C=O) groups is 1. The number of methoxy groups -OCH3 is 1. The zero-order chi connectivity index (χ0) is 14.5. The van der Waals surface area contributed by atoms with Gasteiger partial charge >= 0.3 is 0 Å². The molecule has 0 aliphatic heterocycles. The van der Waals surface area contributed by atoms with Gasteiger partial charge in [-0.25, -0.2) is 0 Å². The molecule has 1 aliphatic rings. The first kappa shape index (κ1) is 16.4. The van der Waals surface area contributed by atoms with Gasteiger partial charge in [-0.05, 0) is 43.6 Å². The normalized spacial score (nSPS) is 24.7. The molecule has 1 rings (SSSR count). The topological polar surface area (TPSA) is 64.3 Å². The molecule has 0 spiro atoms. The molecule has 1 fully saturated rings. The van der Waals surface area contributed by atoms with E-state index in [0.717, 1.165) is 25.7 Å². The highest BCUT2D eigenvalue weighted by molar-refractivity contribution is 5.76. The van der Waals surface area contributed by atoms with Gasteiger partial charge in [0.05, 0.1) is 6.10 Å². The Morgan fingerprint density at radius 3 is 2.47 bits per heavy atom. The lowest BCUT2D eigenvalue weighted by Crippen LogP contribution is -2.47. The fraction of sp³-hybridized carbons (Fsp3) is 0.933. The number of nitrogens with two attached hydrogens (primary N) is 1. The number of rotatable bonds is 7. The summed E-state index contributed by atoms with van der Waals surface area (Å²) in [7, 11) is 1.73. The highest BCUT2D eigenvalue weighted by atomic mass is 16.5. The van der Waals surface area contributed by atoms with E-state index in [2.05, 4.69) is 26.1 Å². The lowest BCUT2D eigenvalue weighted by atomic mass is 9.76. The van der Waals surface area contributed by atoms with E-state index < -0.39 is 0 Å². The van der Waals surface area contributed by atoms with E-state index in [0.29, 0.717) is 31.0 Å². The largest absolute Gasteiger partial charge is 0.381 e. The van der Waals surface area contributed by atoms with Crippen LogP contribution in [-0.4, -0.2) is 31.7 Å². The Kier molecular flexibility index (Phi) is 6.27. The third-order valence-electron chi connectivity index (χ3n) is 4.25. The first-order valence-corrected chi connectivity index (χ1v) is 7.39. The Bertz CT molecular complexity index is 280. The van der Waals surface area contributed by atoms with Gasteiger partial charge in [0.1, 0.15) is 0 Å². The first-order chi connectivity index (χ1) is 8.86. The van der Waals surface area contributed by atoms with Crippen molar-refractivity contribution < 1.29 is 9.53 Å². The smallest absolute Gasteiger partial charge is 0.220 e. The van der Waals surface area contributed by atoms with E-state index in [4.69, 9.17) is 10.5 Å². The van der Waals surface area contributed by atoms with Gasteiger partial charge in [0.15, 0.2) is 0 Å². The van der Waals surface area contributed by atoms with Crippen molar-refractivity contribution >= 4 is 5.91 Å². The molecule has 112 valence electrons. The summed E-state index contributed by atoms with van der Waals surface area (Å²) in [6.07, 6.45) is 4.76. The summed E-state index contributed by atoms with van der Waals surface area (Å²) >= 11 is 0. The number of ether oxygens (including phenoxy) is 1. The Balaban J connectivity index is 2.24. The molecule has 1 atom stereocenters. The molecule has 0 aromatic rings. The van der Waals surface area contributed by atoms with Crippen LogP contribution in [0.3, 0.4) is 0 Å². The van der Waals surface area contributed by atoms with Crippen LogP contribution in [0.1, 0.15) is 52.9 Å². The Hall–Kier alpha value is -0.610. The van der Waals surface area contributed by atoms with Crippen LogP contribution in [0.25, 0.3) is 0 Å². The standard InChI is InChI=1S/C15H30N2O2/c1-15(2,3)11(7-8-16)5-6-14(18)17-12-9-13(10-12)19-4/h11-13H,5-10,16H2,1-4H3,(H,17,18). The van der Waals surface area contributed by atoms with Crippen LogP contribution in [0.4, 0.5) is 0 Å². The third kappa shape index (κ3) is 5.49. The average molecular weight is 270 g/mol.